The molecule has 2 N–H and O–H groups in total. The van der Waals surface area contributed by atoms with E-state index in [0.29, 0.717) is 25.2 Å². The number of rotatable bonds is 16. The Labute approximate surface area is 208 Å². The number of hydrogen-bond donors (Lipinski definition) is 2. The molecule has 2 aliphatic carbocycles. The average Bonchev–Trinajstić information content (AvgIpc) is 3.24. The van der Waals surface area contributed by atoms with Gasteiger partial charge in [-0.05, 0) is 78.2 Å². The summed E-state index contributed by atoms with van der Waals surface area (Å²) in [5, 5.41) is 18.5. The Morgan fingerprint density at radius 1 is 0.886 bits per heavy atom. The van der Waals surface area contributed by atoms with E-state index in [1.54, 1.807) is 27.7 Å². The first-order chi connectivity index (χ1) is 16.4. The second-order valence-corrected chi connectivity index (χ2v) is 11.5. The maximum absolute atomic E-state index is 13.0. The van der Waals surface area contributed by atoms with Gasteiger partial charge in [0.05, 0.1) is 10.8 Å². The Morgan fingerprint density at radius 3 is 2.14 bits per heavy atom. The highest BCUT2D eigenvalue weighted by Gasteiger charge is 2.42. The van der Waals surface area contributed by atoms with E-state index in [4.69, 9.17) is 4.74 Å². The fourth-order valence-electron chi connectivity index (χ4n) is 4.76. The summed E-state index contributed by atoms with van der Waals surface area (Å²) in [6.45, 7) is 7.05. The maximum Gasteiger partial charge on any atom is 0.309 e. The number of aliphatic carboxylic acids is 2. The van der Waals surface area contributed by atoms with Gasteiger partial charge in [0.15, 0.2) is 11.9 Å². The Morgan fingerprint density at radius 2 is 1.51 bits per heavy atom. The Bertz CT molecular complexity index is 975. The minimum Gasteiger partial charge on any atom is -0.481 e. The third kappa shape index (κ3) is 7.18. The van der Waals surface area contributed by atoms with Crippen LogP contribution in [0.25, 0.3) is 0 Å². The highest BCUT2D eigenvalue weighted by Crippen LogP contribution is 2.44. The molecule has 6 nitrogen and oxygen atoms in total. The van der Waals surface area contributed by atoms with E-state index in [1.165, 1.54) is 5.57 Å². The Hall–Kier alpha value is -2.63. The molecule has 0 saturated carbocycles. The molecule has 0 bridgehead atoms. The maximum atomic E-state index is 13.0. The van der Waals surface area contributed by atoms with Crippen molar-refractivity contribution >= 4 is 17.7 Å². The van der Waals surface area contributed by atoms with Crippen molar-refractivity contribution in [3.8, 4) is 0 Å². The van der Waals surface area contributed by atoms with Crippen LogP contribution in [0.5, 0.6) is 0 Å². The number of ether oxygens (including phenoxy) is 1. The molecule has 0 amide bonds. The quantitative estimate of drug-likeness (QED) is 0.194. The van der Waals surface area contributed by atoms with Crippen molar-refractivity contribution in [2.75, 3.05) is 0 Å². The predicted octanol–water partition coefficient (Wildman–Crippen LogP) is 6.38. The summed E-state index contributed by atoms with van der Waals surface area (Å²) in [5.74, 6) is -0.0685. The van der Waals surface area contributed by atoms with Crippen LogP contribution in [0.1, 0.15) is 91.9 Å². The van der Waals surface area contributed by atoms with Crippen molar-refractivity contribution in [2.24, 2.45) is 16.7 Å². The smallest absolute Gasteiger partial charge is 0.309 e. The largest absolute Gasteiger partial charge is 0.481 e. The summed E-state index contributed by atoms with van der Waals surface area (Å²) >= 11 is 0. The van der Waals surface area contributed by atoms with Crippen LogP contribution in [0.2, 0.25) is 0 Å². The average molecular weight is 485 g/mol. The highest BCUT2D eigenvalue weighted by atomic mass is 16.6. The number of hydrogen-bond acceptors (Lipinski definition) is 4. The van der Waals surface area contributed by atoms with Gasteiger partial charge in [-0.15, -0.1) is 0 Å². The molecule has 0 spiro atoms. The van der Waals surface area contributed by atoms with Gasteiger partial charge < -0.3 is 14.9 Å². The number of carboxylic acids is 2. The minimum atomic E-state index is -0.776. The van der Waals surface area contributed by atoms with E-state index in [1.807, 2.05) is 6.08 Å². The third-order valence-corrected chi connectivity index (χ3v) is 7.55. The van der Waals surface area contributed by atoms with Crippen molar-refractivity contribution in [3.63, 3.8) is 0 Å². The van der Waals surface area contributed by atoms with E-state index in [9.17, 15) is 24.6 Å². The van der Waals surface area contributed by atoms with E-state index < -0.39 is 22.8 Å². The van der Waals surface area contributed by atoms with Crippen LogP contribution in [0, 0.1) is 16.7 Å². The molecule has 1 heterocycles. The molecular formula is C29H40O6. The first-order valence-electron chi connectivity index (χ1n) is 12.9. The number of unbranched alkanes of at least 4 members (excludes halogenated alkanes) is 2. The van der Waals surface area contributed by atoms with Gasteiger partial charge in [0, 0.05) is 17.6 Å². The molecule has 0 aromatic carbocycles. The SMILES string of the molecule is CC(C)(CCCCC1=C2OC2C=C1C(=O)CCC1=CC(CCCCC(C)(C)C(=O)O)C=C1)C(=O)O. The number of Topliss-reactive ketones (excluding diaryl/α,β-unsaturated/α-hetero) is 1. The van der Waals surface area contributed by atoms with Crippen LogP contribution in [0.3, 0.4) is 0 Å². The summed E-state index contributed by atoms with van der Waals surface area (Å²) in [7, 11) is 0. The van der Waals surface area contributed by atoms with Gasteiger partial charge in [-0.25, -0.2) is 0 Å². The molecule has 1 aliphatic heterocycles. The summed E-state index contributed by atoms with van der Waals surface area (Å²) in [6.07, 6.45) is 16.2. The minimum absolute atomic E-state index is 0.0273. The molecule has 3 aliphatic rings. The zero-order valence-electron chi connectivity index (χ0n) is 21.6. The van der Waals surface area contributed by atoms with Crippen molar-refractivity contribution in [3.05, 3.63) is 46.8 Å². The number of carboxylic acid groups (broad SMARTS) is 2. The van der Waals surface area contributed by atoms with Crippen molar-refractivity contribution in [2.45, 2.75) is 98.0 Å². The van der Waals surface area contributed by atoms with Crippen molar-refractivity contribution in [1.82, 2.24) is 0 Å². The molecule has 192 valence electrons. The molecule has 0 aromatic heterocycles. The topological polar surface area (TPSA) is 104 Å². The zero-order valence-corrected chi connectivity index (χ0v) is 21.6. The van der Waals surface area contributed by atoms with Crippen LogP contribution < -0.4 is 0 Å². The van der Waals surface area contributed by atoms with Crippen molar-refractivity contribution in [1.29, 1.82) is 0 Å². The molecule has 0 radical (unpaired) electrons. The van der Waals surface area contributed by atoms with Crippen LogP contribution in [-0.4, -0.2) is 34.0 Å². The molecule has 3 rings (SSSR count). The van der Waals surface area contributed by atoms with Gasteiger partial charge in [-0.3, -0.25) is 14.4 Å². The standard InChI is InChI=1S/C29H40O6/c1-28(2,26(31)32)15-7-5-9-19-11-12-20(17-19)13-14-23(30)22-18-24-25(35-24)21(22)10-6-8-16-29(3,4)27(33)34/h11-12,17-19,24H,5-10,13-16H2,1-4H3,(H,31,32)(H,33,34). The lowest BCUT2D eigenvalue weighted by molar-refractivity contribution is -0.148. The molecule has 1 saturated heterocycles. The van der Waals surface area contributed by atoms with E-state index >= 15 is 0 Å². The highest BCUT2D eigenvalue weighted by molar-refractivity contribution is 6.01. The van der Waals surface area contributed by atoms with Crippen LogP contribution in [0.4, 0.5) is 0 Å². The molecule has 35 heavy (non-hydrogen) atoms. The van der Waals surface area contributed by atoms with Gasteiger partial charge in [0.2, 0.25) is 0 Å². The van der Waals surface area contributed by atoms with Crippen LogP contribution in [-0.2, 0) is 19.1 Å². The van der Waals surface area contributed by atoms with Gasteiger partial charge in [0.25, 0.3) is 0 Å². The molecule has 6 heteroatoms. The van der Waals surface area contributed by atoms with Crippen LogP contribution in [0.15, 0.2) is 46.8 Å². The monoisotopic (exact) mass is 484 g/mol. The first kappa shape index (κ1) is 27.0. The first-order valence-corrected chi connectivity index (χ1v) is 12.9. The number of carbonyl (C=O) groups excluding carboxylic acids is 1. The van der Waals surface area contributed by atoms with Gasteiger partial charge in [-0.1, -0.05) is 43.1 Å². The number of allylic oxidation sites excluding steroid dienone is 6. The lowest BCUT2D eigenvalue weighted by Crippen LogP contribution is -2.23. The normalized spacial score (nSPS) is 20.9. The van der Waals surface area contributed by atoms with Gasteiger partial charge in [-0.2, -0.15) is 0 Å². The van der Waals surface area contributed by atoms with E-state index in [0.717, 1.165) is 61.9 Å². The number of epoxide rings is 1. The van der Waals surface area contributed by atoms with Gasteiger partial charge in [0.1, 0.15) is 5.76 Å². The van der Waals surface area contributed by atoms with Crippen LogP contribution >= 0.6 is 0 Å². The predicted molar refractivity (Wildman–Crippen MR) is 135 cm³/mol. The number of fused-ring (bicyclic) bond motifs is 1. The second-order valence-electron chi connectivity index (χ2n) is 11.5. The molecule has 1 fully saturated rings. The fourth-order valence-corrected chi connectivity index (χ4v) is 4.76. The lowest BCUT2D eigenvalue weighted by atomic mass is 9.86. The fraction of sp³-hybridized carbons (Fsp3) is 0.621. The summed E-state index contributed by atoms with van der Waals surface area (Å²) in [4.78, 5) is 35.5. The number of ketones is 1. The summed E-state index contributed by atoms with van der Waals surface area (Å²) in [6, 6.07) is 0. The number of carbonyl (C=O) groups is 3. The molecular weight excluding hydrogens is 444 g/mol. The summed E-state index contributed by atoms with van der Waals surface area (Å²) in [5.41, 5.74) is 1.62. The van der Waals surface area contributed by atoms with E-state index in [2.05, 4.69) is 18.2 Å². The van der Waals surface area contributed by atoms with E-state index in [-0.39, 0.29) is 11.9 Å². The van der Waals surface area contributed by atoms with Crippen molar-refractivity contribution < 1.29 is 29.3 Å². The third-order valence-electron chi connectivity index (χ3n) is 7.55. The molecule has 2 atom stereocenters. The summed E-state index contributed by atoms with van der Waals surface area (Å²) < 4.78 is 5.56. The Kier molecular flexibility index (Phi) is 8.45. The van der Waals surface area contributed by atoms with Gasteiger partial charge >= 0.3 is 11.9 Å². The zero-order chi connectivity index (χ0) is 25.8. The second kappa shape index (κ2) is 11.0. The molecule has 0 aromatic rings. The molecule has 2 unspecified atom stereocenters. The Balaban J connectivity index is 1.39. The lowest BCUT2D eigenvalue weighted by Gasteiger charge is -2.18.